The minimum Gasteiger partial charge on any atom is -0.341 e. The van der Waals surface area contributed by atoms with Gasteiger partial charge in [-0.1, -0.05) is 34.8 Å². The molecule has 0 radical (unpaired) electrons. The number of carbonyl (C=O) groups is 1. The Morgan fingerprint density at radius 1 is 1.10 bits per heavy atom. The molecule has 0 bridgehead atoms. The van der Waals surface area contributed by atoms with E-state index in [2.05, 4.69) is 30.2 Å². The monoisotopic (exact) mass is 342 g/mol. The molecule has 3 heterocycles. The van der Waals surface area contributed by atoms with Crippen LogP contribution in [0.25, 0.3) is 11.2 Å². The maximum atomic E-state index is 12.1. The molecule has 0 aliphatic heterocycles. The molecule has 1 amide bonds. The number of fused-ring (bicyclic) bond motifs is 1. The van der Waals surface area contributed by atoms with Gasteiger partial charge in [0.15, 0.2) is 10.8 Å². The number of aromatic nitrogens is 5. The van der Waals surface area contributed by atoms with Gasteiger partial charge in [0.2, 0.25) is 5.95 Å². The van der Waals surface area contributed by atoms with Crippen molar-refractivity contribution in [2.75, 3.05) is 5.32 Å². The molecule has 3 aromatic rings. The minimum atomic E-state index is -0.493. The highest BCUT2D eigenvalue weighted by Crippen LogP contribution is 2.19. The predicted octanol–water partition coefficient (Wildman–Crippen LogP) is 2.96. The van der Waals surface area contributed by atoms with E-state index in [0.717, 1.165) is 0 Å². The van der Waals surface area contributed by atoms with Crippen molar-refractivity contribution in [3.8, 4) is 0 Å². The van der Waals surface area contributed by atoms with Crippen molar-refractivity contribution in [3.05, 3.63) is 39.5 Å². The van der Waals surface area contributed by atoms with Crippen molar-refractivity contribution < 1.29 is 4.79 Å². The number of aromatic amines is 1. The Labute approximate surface area is 132 Å². The van der Waals surface area contributed by atoms with Gasteiger partial charge in [-0.3, -0.25) is 10.1 Å². The topological polar surface area (TPSA) is 96.5 Å². The Morgan fingerprint density at radius 2 is 1.81 bits per heavy atom. The van der Waals surface area contributed by atoms with Crippen LogP contribution in [0.2, 0.25) is 15.5 Å². The molecule has 0 aliphatic rings. The van der Waals surface area contributed by atoms with Crippen LogP contribution in [0.1, 0.15) is 10.4 Å². The first kappa shape index (κ1) is 14.0. The number of rotatable bonds is 2. The number of nitrogens with one attached hydrogen (secondary N) is 2. The third-order valence-electron chi connectivity index (χ3n) is 2.49. The van der Waals surface area contributed by atoms with Gasteiger partial charge in [-0.25, -0.2) is 9.97 Å². The molecule has 7 nitrogen and oxygen atoms in total. The second-order valence-corrected chi connectivity index (χ2v) is 5.03. The third kappa shape index (κ3) is 2.90. The predicted molar refractivity (Wildman–Crippen MR) is 78.9 cm³/mol. The Bertz CT molecular complexity index is 829. The molecule has 0 saturated carbocycles. The van der Waals surface area contributed by atoms with Crippen molar-refractivity contribution in [1.82, 2.24) is 24.9 Å². The molecule has 0 unspecified atom stereocenters. The summed E-state index contributed by atoms with van der Waals surface area (Å²) in [7, 11) is 0. The summed E-state index contributed by atoms with van der Waals surface area (Å²) in [4.78, 5) is 30.6. The quantitative estimate of drug-likeness (QED) is 0.551. The van der Waals surface area contributed by atoms with E-state index in [-0.39, 0.29) is 27.0 Å². The third-order valence-corrected chi connectivity index (χ3v) is 3.15. The highest BCUT2D eigenvalue weighted by molar-refractivity contribution is 6.34. The van der Waals surface area contributed by atoms with Crippen LogP contribution in [0.3, 0.4) is 0 Å². The van der Waals surface area contributed by atoms with Gasteiger partial charge in [0.05, 0.1) is 6.33 Å². The summed E-state index contributed by atoms with van der Waals surface area (Å²) in [6, 6.07) is 2.74. The first-order valence-corrected chi connectivity index (χ1v) is 6.67. The van der Waals surface area contributed by atoms with Gasteiger partial charge >= 0.3 is 0 Å². The normalized spacial score (nSPS) is 10.8. The van der Waals surface area contributed by atoms with Crippen LogP contribution in [-0.4, -0.2) is 30.8 Å². The van der Waals surface area contributed by atoms with Gasteiger partial charge in [0, 0.05) is 5.56 Å². The fraction of sp³-hybridized carbons (Fsp3) is 0. The zero-order valence-corrected chi connectivity index (χ0v) is 12.3. The number of hydrogen-bond donors (Lipinski definition) is 2. The zero-order valence-electron chi connectivity index (χ0n) is 10.1. The van der Waals surface area contributed by atoms with Crippen molar-refractivity contribution >= 4 is 57.8 Å². The standard InChI is InChI=1S/C11H5Cl3N6O/c12-5-1-4(2-6(13)17-5)10(21)20-11-18-8(14)7-9(19-11)16-3-15-7/h1-3H,(H2,15,16,18,19,20,21). The van der Waals surface area contributed by atoms with E-state index in [1.54, 1.807) is 0 Å². The number of halogens is 3. The Balaban J connectivity index is 1.92. The lowest BCUT2D eigenvalue weighted by atomic mass is 10.2. The maximum absolute atomic E-state index is 12.1. The van der Waals surface area contributed by atoms with Crippen molar-refractivity contribution in [1.29, 1.82) is 0 Å². The lowest BCUT2D eigenvalue weighted by molar-refractivity contribution is 0.102. The summed E-state index contributed by atoms with van der Waals surface area (Å²) >= 11 is 17.4. The number of amides is 1. The number of H-pyrrole nitrogens is 1. The van der Waals surface area contributed by atoms with Gasteiger partial charge in [0.25, 0.3) is 5.91 Å². The first-order valence-electron chi connectivity index (χ1n) is 5.54. The van der Waals surface area contributed by atoms with E-state index in [0.29, 0.717) is 11.2 Å². The second kappa shape index (κ2) is 5.44. The fourth-order valence-electron chi connectivity index (χ4n) is 1.62. The maximum Gasteiger partial charge on any atom is 0.258 e. The smallest absolute Gasteiger partial charge is 0.258 e. The molecule has 2 N–H and O–H groups in total. The van der Waals surface area contributed by atoms with Crippen LogP contribution in [0.5, 0.6) is 0 Å². The molecule has 106 valence electrons. The second-order valence-electron chi connectivity index (χ2n) is 3.89. The Morgan fingerprint density at radius 3 is 2.52 bits per heavy atom. The van der Waals surface area contributed by atoms with E-state index in [1.165, 1.54) is 18.5 Å². The highest BCUT2D eigenvalue weighted by atomic mass is 35.5. The average molecular weight is 344 g/mol. The van der Waals surface area contributed by atoms with Crippen LogP contribution in [0.4, 0.5) is 5.95 Å². The molecule has 21 heavy (non-hydrogen) atoms. The molecule has 0 aliphatic carbocycles. The zero-order chi connectivity index (χ0) is 15.0. The summed E-state index contributed by atoms with van der Waals surface area (Å²) in [5.41, 5.74) is 1.06. The number of hydrogen-bond acceptors (Lipinski definition) is 5. The number of anilines is 1. The van der Waals surface area contributed by atoms with Gasteiger partial charge in [-0.05, 0) is 12.1 Å². The molecule has 3 rings (SSSR count). The first-order chi connectivity index (χ1) is 10.0. The molecule has 0 atom stereocenters. The van der Waals surface area contributed by atoms with E-state index < -0.39 is 5.91 Å². The number of carbonyl (C=O) groups excluding carboxylic acids is 1. The lowest BCUT2D eigenvalue weighted by Gasteiger charge is -2.05. The average Bonchev–Trinajstić information content (AvgIpc) is 2.86. The SMILES string of the molecule is O=C(Nc1nc(Cl)c2[nH]cnc2n1)c1cc(Cl)nc(Cl)c1. The summed E-state index contributed by atoms with van der Waals surface area (Å²) in [5.74, 6) is -0.471. The molecule has 10 heteroatoms. The van der Waals surface area contributed by atoms with Gasteiger partial charge in [-0.15, -0.1) is 0 Å². The molecule has 3 aromatic heterocycles. The summed E-state index contributed by atoms with van der Waals surface area (Å²) < 4.78 is 0. The molecule has 0 aromatic carbocycles. The van der Waals surface area contributed by atoms with E-state index >= 15 is 0 Å². The number of pyridine rings is 1. The van der Waals surface area contributed by atoms with Crippen LogP contribution >= 0.6 is 34.8 Å². The van der Waals surface area contributed by atoms with Crippen LogP contribution in [0.15, 0.2) is 18.5 Å². The van der Waals surface area contributed by atoms with E-state index in [9.17, 15) is 4.79 Å². The molecular formula is C11H5Cl3N6O. The summed E-state index contributed by atoms with van der Waals surface area (Å²) in [6.07, 6.45) is 1.43. The van der Waals surface area contributed by atoms with Gasteiger partial charge < -0.3 is 4.98 Å². The van der Waals surface area contributed by atoms with Crippen molar-refractivity contribution in [3.63, 3.8) is 0 Å². The van der Waals surface area contributed by atoms with Crippen molar-refractivity contribution in [2.24, 2.45) is 0 Å². The number of nitrogens with zero attached hydrogens (tertiary/aromatic N) is 4. The van der Waals surface area contributed by atoms with Crippen LogP contribution in [0, 0.1) is 0 Å². The molecule has 0 saturated heterocycles. The fourth-order valence-corrected chi connectivity index (χ4v) is 2.30. The lowest BCUT2D eigenvalue weighted by Crippen LogP contribution is -2.14. The van der Waals surface area contributed by atoms with Crippen LogP contribution < -0.4 is 5.32 Å². The largest absolute Gasteiger partial charge is 0.341 e. The molecule has 0 spiro atoms. The highest BCUT2D eigenvalue weighted by Gasteiger charge is 2.13. The van der Waals surface area contributed by atoms with Gasteiger partial charge in [0.1, 0.15) is 15.8 Å². The van der Waals surface area contributed by atoms with Gasteiger partial charge in [-0.2, -0.15) is 9.97 Å². The van der Waals surface area contributed by atoms with Crippen molar-refractivity contribution in [2.45, 2.75) is 0 Å². The summed E-state index contributed by atoms with van der Waals surface area (Å²) in [6.45, 7) is 0. The Hall–Kier alpha value is -1.96. The molecular weight excluding hydrogens is 339 g/mol. The number of imidazole rings is 1. The van der Waals surface area contributed by atoms with E-state index in [1.807, 2.05) is 0 Å². The van der Waals surface area contributed by atoms with Crippen LogP contribution in [-0.2, 0) is 0 Å². The summed E-state index contributed by atoms with van der Waals surface area (Å²) in [5, 5.41) is 2.85. The molecule has 0 fully saturated rings. The minimum absolute atomic E-state index is 0.0219. The Kier molecular flexibility index (Phi) is 3.62. The van der Waals surface area contributed by atoms with E-state index in [4.69, 9.17) is 34.8 Å².